The van der Waals surface area contributed by atoms with E-state index < -0.39 is 35.6 Å². The molecule has 1 aromatic carbocycles. The van der Waals surface area contributed by atoms with Gasteiger partial charge in [0.2, 0.25) is 5.91 Å². The van der Waals surface area contributed by atoms with E-state index in [9.17, 15) is 23.2 Å². The molecule has 212 valence electrons. The van der Waals surface area contributed by atoms with Crippen LogP contribution in [0.4, 0.5) is 13.6 Å². The van der Waals surface area contributed by atoms with Crippen LogP contribution in [-0.2, 0) is 14.3 Å². The molecule has 3 aliphatic rings. The molecule has 10 heteroatoms. The van der Waals surface area contributed by atoms with Crippen molar-refractivity contribution in [3.8, 4) is 0 Å². The lowest BCUT2D eigenvalue weighted by atomic mass is 9.83. The predicted molar refractivity (Wildman–Crippen MR) is 143 cm³/mol. The number of amides is 3. The van der Waals surface area contributed by atoms with Crippen molar-refractivity contribution in [1.82, 2.24) is 20.1 Å². The van der Waals surface area contributed by atoms with Gasteiger partial charge in [0.25, 0.3) is 0 Å². The summed E-state index contributed by atoms with van der Waals surface area (Å²) < 4.78 is 32.8. The van der Waals surface area contributed by atoms with Crippen molar-refractivity contribution >= 4 is 17.9 Å². The Morgan fingerprint density at radius 3 is 2.52 bits per heavy atom. The number of carbonyl (C=O) groups is 3. The van der Waals surface area contributed by atoms with Crippen LogP contribution in [0.2, 0.25) is 0 Å². The van der Waals surface area contributed by atoms with Crippen molar-refractivity contribution in [1.29, 1.82) is 0 Å². The van der Waals surface area contributed by atoms with Crippen LogP contribution in [0.15, 0.2) is 53.9 Å². The number of nitrogens with zero attached hydrogens (tertiary/aromatic N) is 3. The molecular weight excluding hydrogens is 518 g/mol. The molecule has 0 bridgehead atoms. The number of benzene rings is 1. The van der Waals surface area contributed by atoms with Crippen molar-refractivity contribution in [3.05, 3.63) is 76.8 Å². The third-order valence-electron chi connectivity index (χ3n) is 8.48. The number of esters is 1. The molecule has 3 amide bonds. The highest BCUT2D eigenvalue weighted by Crippen LogP contribution is 2.38. The van der Waals surface area contributed by atoms with Crippen LogP contribution < -0.4 is 5.32 Å². The second kappa shape index (κ2) is 11.8. The first-order valence-electron chi connectivity index (χ1n) is 13.8. The Morgan fingerprint density at radius 1 is 1.07 bits per heavy atom. The van der Waals surface area contributed by atoms with Crippen molar-refractivity contribution < 1.29 is 27.9 Å². The molecule has 2 atom stereocenters. The van der Waals surface area contributed by atoms with Gasteiger partial charge in [-0.05, 0) is 81.3 Å². The highest BCUT2D eigenvalue weighted by molar-refractivity contribution is 6.02. The summed E-state index contributed by atoms with van der Waals surface area (Å²) in [5.74, 6) is -2.94. The van der Waals surface area contributed by atoms with Crippen LogP contribution in [0, 0.1) is 17.6 Å². The van der Waals surface area contributed by atoms with Crippen LogP contribution in [0.1, 0.15) is 68.7 Å². The number of likely N-dealkylation sites (tertiary alicyclic amines) is 1. The van der Waals surface area contributed by atoms with E-state index in [0.717, 1.165) is 67.9 Å². The van der Waals surface area contributed by atoms with Gasteiger partial charge in [-0.2, -0.15) is 0 Å². The maximum atomic E-state index is 14.2. The Hall–Kier alpha value is -3.66. The molecule has 8 nitrogen and oxygen atoms in total. The van der Waals surface area contributed by atoms with Crippen LogP contribution in [0.3, 0.4) is 0 Å². The molecule has 0 spiro atoms. The molecule has 2 aromatic rings. The summed E-state index contributed by atoms with van der Waals surface area (Å²) >= 11 is 0. The molecular formula is C30H34F2N4O4. The first-order chi connectivity index (χ1) is 19.3. The fourth-order valence-electron chi connectivity index (χ4n) is 6.43. The summed E-state index contributed by atoms with van der Waals surface area (Å²) in [7, 11) is 1.18. The van der Waals surface area contributed by atoms with E-state index in [4.69, 9.17) is 4.74 Å². The normalized spacial score (nSPS) is 25.6. The van der Waals surface area contributed by atoms with E-state index >= 15 is 0 Å². The largest absolute Gasteiger partial charge is 0.466 e. The molecule has 2 fully saturated rings. The van der Waals surface area contributed by atoms with Crippen molar-refractivity contribution in [2.24, 2.45) is 5.92 Å². The quantitative estimate of drug-likeness (QED) is 0.516. The van der Waals surface area contributed by atoms with E-state index in [2.05, 4.69) is 21.3 Å². The fraction of sp³-hybridized carbons (Fsp3) is 0.467. The Morgan fingerprint density at radius 2 is 1.85 bits per heavy atom. The summed E-state index contributed by atoms with van der Waals surface area (Å²) in [6.07, 6.45) is 7.05. The third kappa shape index (κ3) is 5.63. The molecule has 40 heavy (non-hydrogen) atoms. The van der Waals surface area contributed by atoms with Gasteiger partial charge in [0.1, 0.15) is 6.04 Å². The molecule has 5 rings (SSSR count). The highest BCUT2D eigenvalue weighted by Gasteiger charge is 2.43. The number of halogens is 2. The highest BCUT2D eigenvalue weighted by atomic mass is 19.2. The number of carbonyl (C=O) groups excluding carboxylic acids is 3. The van der Waals surface area contributed by atoms with Gasteiger partial charge in [-0.25, -0.2) is 18.4 Å². The van der Waals surface area contributed by atoms with Crippen LogP contribution in [0.5, 0.6) is 0 Å². The summed E-state index contributed by atoms with van der Waals surface area (Å²) in [6, 6.07) is 7.66. The van der Waals surface area contributed by atoms with E-state index in [1.165, 1.54) is 20.1 Å². The third-order valence-corrected chi connectivity index (χ3v) is 8.48. The minimum atomic E-state index is -1.23. The van der Waals surface area contributed by atoms with Crippen molar-refractivity contribution in [2.45, 2.75) is 63.5 Å². The minimum absolute atomic E-state index is 0.000766. The summed E-state index contributed by atoms with van der Waals surface area (Å²) in [4.78, 5) is 47.4. The number of rotatable bonds is 6. The van der Waals surface area contributed by atoms with Gasteiger partial charge in [0.05, 0.1) is 12.7 Å². The van der Waals surface area contributed by atoms with Crippen molar-refractivity contribution in [3.63, 3.8) is 0 Å². The molecule has 1 saturated carbocycles. The number of hydrogen-bond donors (Lipinski definition) is 1. The Balaban J connectivity index is 1.28. The first kappa shape index (κ1) is 27.9. The van der Waals surface area contributed by atoms with E-state index in [0.29, 0.717) is 12.0 Å². The van der Waals surface area contributed by atoms with E-state index in [-0.39, 0.29) is 29.2 Å². The zero-order chi connectivity index (χ0) is 28.4. The SMILES string of the molecule is COC(=O)C1=C(C)NC(=O)N(C(=O)CC2CCN(C3CCC(c4ccccn4)CC3)C2)C1c1ccc(F)c(F)c1. The van der Waals surface area contributed by atoms with Gasteiger partial charge >= 0.3 is 12.0 Å². The van der Waals surface area contributed by atoms with Crippen LogP contribution in [0.25, 0.3) is 0 Å². The Labute approximate surface area is 232 Å². The van der Waals surface area contributed by atoms with Gasteiger partial charge in [-0.3, -0.25) is 14.7 Å². The molecule has 0 radical (unpaired) electrons. The van der Waals surface area contributed by atoms with Crippen molar-refractivity contribution in [2.75, 3.05) is 20.2 Å². The monoisotopic (exact) mass is 552 g/mol. The smallest absolute Gasteiger partial charge is 0.337 e. The number of ether oxygens (including phenoxy) is 1. The number of hydrogen-bond acceptors (Lipinski definition) is 6. The number of imide groups is 1. The molecule has 1 N–H and O–H groups in total. The molecule has 2 aliphatic heterocycles. The Bertz CT molecular complexity index is 1310. The average molecular weight is 553 g/mol. The second-order valence-corrected chi connectivity index (χ2v) is 10.9. The molecule has 1 aromatic heterocycles. The maximum absolute atomic E-state index is 14.2. The summed E-state index contributed by atoms with van der Waals surface area (Å²) in [6.45, 7) is 3.13. The minimum Gasteiger partial charge on any atom is -0.466 e. The van der Waals surface area contributed by atoms with Gasteiger partial charge in [-0.15, -0.1) is 0 Å². The van der Waals surface area contributed by atoms with Gasteiger partial charge in [0, 0.05) is 42.5 Å². The average Bonchev–Trinajstić information content (AvgIpc) is 3.42. The molecule has 3 heterocycles. The summed E-state index contributed by atoms with van der Waals surface area (Å²) in [5, 5.41) is 2.57. The number of methoxy groups -OCH3 is 1. The predicted octanol–water partition coefficient (Wildman–Crippen LogP) is 4.84. The lowest BCUT2D eigenvalue weighted by molar-refractivity contribution is -0.138. The van der Waals surface area contributed by atoms with Gasteiger partial charge in [0.15, 0.2) is 11.6 Å². The number of nitrogens with one attached hydrogen (secondary N) is 1. The lowest BCUT2D eigenvalue weighted by Crippen LogP contribution is -2.51. The number of urea groups is 1. The van der Waals surface area contributed by atoms with Gasteiger partial charge < -0.3 is 15.0 Å². The van der Waals surface area contributed by atoms with Crippen LogP contribution in [-0.4, -0.2) is 58.9 Å². The number of pyridine rings is 1. The topological polar surface area (TPSA) is 91.8 Å². The maximum Gasteiger partial charge on any atom is 0.337 e. The molecule has 1 saturated heterocycles. The summed E-state index contributed by atoms with van der Waals surface area (Å²) in [5.41, 5.74) is 1.46. The Kier molecular flexibility index (Phi) is 8.25. The standard InChI is InChI=1S/C30H34F2N4O4/c1-18-27(29(38)40-2)28(21-8-11-23(31)24(32)16-21)36(30(39)34-18)26(37)15-19-12-14-35(17-19)22-9-6-20(7-10-22)25-5-3-4-13-33-25/h3-5,8,11,13,16,19-20,22,28H,6-7,9-10,12,14-15,17H2,1-2H3,(H,34,39). The number of aromatic nitrogens is 1. The fourth-order valence-corrected chi connectivity index (χ4v) is 6.43. The van der Waals surface area contributed by atoms with Gasteiger partial charge in [-0.1, -0.05) is 12.1 Å². The van der Waals surface area contributed by atoms with Crippen LogP contribution >= 0.6 is 0 Å². The zero-order valence-corrected chi connectivity index (χ0v) is 22.7. The molecule has 2 unspecified atom stereocenters. The lowest BCUT2D eigenvalue weighted by Gasteiger charge is -2.37. The second-order valence-electron chi connectivity index (χ2n) is 10.9. The zero-order valence-electron chi connectivity index (χ0n) is 22.7. The van der Waals surface area contributed by atoms with E-state index in [1.54, 1.807) is 0 Å². The van der Waals surface area contributed by atoms with E-state index in [1.807, 2.05) is 18.3 Å². The molecule has 1 aliphatic carbocycles. The first-order valence-corrected chi connectivity index (χ1v) is 13.8. The number of allylic oxidation sites excluding steroid dienone is 1.